The summed E-state index contributed by atoms with van der Waals surface area (Å²) in [6.07, 6.45) is -8.90. The van der Waals surface area contributed by atoms with Gasteiger partial charge in [0.2, 0.25) is 0 Å². The van der Waals surface area contributed by atoms with Crippen molar-refractivity contribution >= 4 is 82.1 Å². The Bertz CT molecular complexity index is 1820. The molecule has 0 aliphatic carbocycles. The summed E-state index contributed by atoms with van der Waals surface area (Å²) in [5.41, 5.74) is 5.22. The number of aromatic nitrogens is 6. The minimum atomic E-state index is -4.45. The molecule has 0 fully saturated rings. The third-order valence-electron chi connectivity index (χ3n) is 6.02. The van der Waals surface area contributed by atoms with Crippen LogP contribution >= 0.6 is 70.6 Å². The summed E-state index contributed by atoms with van der Waals surface area (Å²) in [5.74, 6) is -1.73. The highest BCUT2D eigenvalue weighted by Gasteiger charge is 2.30. The Morgan fingerprint density at radius 2 is 0.906 bits per heavy atom. The highest BCUT2D eigenvalue weighted by atomic mass is 32.2. The summed E-state index contributed by atoms with van der Waals surface area (Å²) >= 11 is 5.75. The lowest BCUT2D eigenvalue weighted by Gasteiger charge is -2.12. The Labute approximate surface area is 328 Å². The van der Waals surface area contributed by atoms with Gasteiger partial charge in [-0.1, -0.05) is 82.4 Å². The van der Waals surface area contributed by atoms with Crippen molar-refractivity contribution in [3.63, 3.8) is 0 Å². The Hall–Kier alpha value is -2.52. The number of ketones is 2. The molecule has 0 aliphatic heterocycles. The van der Waals surface area contributed by atoms with Crippen LogP contribution in [-0.4, -0.2) is 76.8 Å². The monoisotopic (exact) mass is 852 g/mol. The molecule has 0 unspecified atom stereocenters. The third-order valence-corrected chi connectivity index (χ3v) is 12.1. The molecule has 0 amide bonds. The van der Waals surface area contributed by atoms with Gasteiger partial charge < -0.3 is 0 Å². The fourth-order valence-electron chi connectivity index (χ4n) is 4.05. The average Bonchev–Trinajstić information content (AvgIpc) is 3.03. The lowest BCUT2D eigenvalue weighted by molar-refractivity contribution is -0.115. The second-order valence-corrected chi connectivity index (χ2v) is 17.1. The predicted molar refractivity (Wildman–Crippen MR) is 201 cm³/mol. The van der Waals surface area contributed by atoms with Crippen LogP contribution in [-0.2, 0) is 9.59 Å². The maximum Gasteiger partial charge on any atom is 0.398 e. The lowest BCUT2D eigenvalue weighted by Crippen LogP contribution is -2.13. The van der Waals surface area contributed by atoms with Crippen LogP contribution in [0.3, 0.4) is 0 Å². The number of aryl methyl sites for hydroxylation is 5. The first-order valence-corrected chi connectivity index (χ1v) is 20.9. The van der Waals surface area contributed by atoms with Crippen LogP contribution in [0.1, 0.15) is 41.7 Å². The minimum absolute atomic E-state index is 0.0550. The van der Waals surface area contributed by atoms with E-state index in [-0.39, 0.29) is 27.0 Å². The van der Waals surface area contributed by atoms with Crippen molar-refractivity contribution in [1.29, 1.82) is 0 Å². The van der Waals surface area contributed by atoms with Crippen molar-refractivity contribution in [3.05, 3.63) is 58.1 Å². The van der Waals surface area contributed by atoms with Crippen LogP contribution < -0.4 is 0 Å². The van der Waals surface area contributed by atoms with E-state index in [1.54, 1.807) is 0 Å². The number of nitrogens with zero attached hydrogens (tertiary/aromatic N) is 6. The van der Waals surface area contributed by atoms with Gasteiger partial charge in [-0.05, 0) is 94.7 Å². The number of thioether (sulfide) groups is 4. The molecule has 2 heterocycles. The first kappa shape index (κ1) is 44.9. The van der Waals surface area contributed by atoms with Crippen LogP contribution in [0, 0.1) is 34.6 Å². The predicted octanol–water partition coefficient (Wildman–Crippen LogP) is 10.3. The SMILES string of the molecule is CC(=O)CSc1nc(SCC(C)=O)nc(Sc2ccc(C)cc2C)n1.Cc1cc(C)c(Sc2nc(SCC(F)(F)F)nc(SCC(F)(F)F)n2)c(C)c1. The molecule has 0 bridgehead atoms. The van der Waals surface area contributed by atoms with Crippen molar-refractivity contribution in [2.75, 3.05) is 23.0 Å². The van der Waals surface area contributed by atoms with Crippen molar-refractivity contribution in [3.8, 4) is 0 Å². The van der Waals surface area contributed by atoms with Crippen LogP contribution in [0.4, 0.5) is 26.3 Å². The number of hydrogen-bond donors (Lipinski definition) is 0. The maximum atomic E-state index is 12.5. The molecule has 4 rings (SSSR count). The van der Waals surface area contributed by atoms with Gasteiger partial charge in [-0.3, -0.25) is 9.59 Å². The van der Waals surface area contributed by atoms with Gasteiger partial charge in [0.15, 0.2) is 30.9 Å². The molecule has 0 radical (unpaired) electrons. The number of halogens is 6. The molecule has 2 aromatic carbocycles. The van der Waals surface area contributed by atoms with E-state index in [4.69, 9.17) is 0 Å². The van der Waals surface area contributed by atoms with Crippen LogP contribution in [0.25, 0.3) is 0 Å². The molecule has 0 spiro atoms. The van der Waals surface area contributed by atoms with Crippen LogP contribution in [0.2, 0.25) is 0 Å². The number of hydrogen-bond acceptors (Lipinski definition) is 14. The Balaban J connectivity index is 0.000000287. The molecule has 8 nitrogen and oxygen atoms in total. The molecule has 286 valence electrons. The summed E-state index contributed by atoms with van der Waals surface area (Å²) in [6, 6.07) is 10.1. The minimum Gasteiger partial charge on any atom is -0.299 e. The van der Waals surface area contributed by atoms with Gasteiger partial charge in [-0.15, -0.1) is 0 Å². The number of carbonyl (C=O) groups is 2. The molecule has 0 N–H and O–H groups in total. The fourth-order valence-corrected chi connectivity index (χ4v) is 8.56. The van der Waals surface area contributed by atoms with Crippen molar-refractivity contribution < 1.29 is 35.9 Å². The number of benzene rings is 2. The molecule has 0 saturated carbocycles. The number of carbonyl (C=O) groups excluding carboxylic acids is 2. The fraction of sp³-hybridized carbons (Fsp3) is 0.394. The molecule has 53 heavy (non-hydrogen) atoms. The van der Waals surface area contributed by atoms with Gasteiger partial charge in [0.25, 0.3) is 0 Å². The highest BCUT2D eigenvalue weighted by Crippen LogP contribution is 2.35. The maximum absolute atomic E-state index is 12.5. The normalized spacial score (nSPS) is 11.6. The summed E-state index contributed by atoms with van der Waals surface area (Å²) in [7, 11) is 0. The zero-order valence-corrected chi connectivity index (χ0v) is 34.3. The van der Waals surface area contributed by atoms with Gasteiger partial charge in [-0.25, -0.2) is 0 Å². The molecule has 0 atom stereocenters. The van der Waals surface area contributed by atoms with E-state index in [2.05, 4.69) is 42.9 Å². The molecule has 4 aromatic rings. The van der Waals surface area contributed by atoms with Crippen molar-refractivity contribution in [2.24, 2.45) is 0 Å². The number of Topliss-reactive ketones (excluding diaryl/α,β-unsaturated/α-hetero) is 2. The summed E-state index contributed by atoms with van der Waals surface area (Å²) in [5, 5.41) is 1.11. The van der Waals surface area contributed by atoms with E-state index in [1.807, 2.05) is 52.0 Å². The first-order chi connectivity index (χ1) is 24.7. The zero-order valence-electron chi connectivity index (χ0n) is 29.4. The molecule has 0 saturated heterocycles. The zero-order chi connectivity index (χ0) is 39.5. The molecular weight excluding hydrogens is 819 g/mol. The number of alkyl halides is 6. The Morgan fingerprint density at radius 1 is 0.528 bits per heavy atom. The van der Waals surface area contributed by atoms with Crippen LogP contribution in [0.15, 0.2) is 71.1 Å². The largest absolute Gasteiger partial charge is 0.398 e. The van der Waals surface area contributed by atoms with Crippen LogP contribution in [0.5, 0.6) is 0 Å². The first-order valence-electron chi connectivity index (χ1n) is 15.3. The van der Waals surface area contributed by atoms with Gasteiger partial charge in [0.05, 0.1) is 23.0 Å². The molecular formula is C33H34F6N6O2S6. The van der Waals surface area contributed by atoms with E-state index in [1.165, 1.54) is 54.7 Å². The topological polar surface area (TPSA) is 111 Å². The van der Waals surface area contributed by atoms with E-state index < -0.39 is 23.9 Å². The standard InChI is InChI=1S/C17H19N3O2S3.C16H15F6N3S3/c1-10-5-6-14(11(2)7-10)25-17-19-15(23-8-12(3)21)18-16(20-17)24-9-13(4)22;1-8-4-9(2)11(10(3)5-8)28-14-24-12(26-6-15(17,18)19)23-13(25-14)27-7-16(20,21)22/h5-7H,8-9H2,1-4H3;4-5H,6-7H2,1-3H3. The van der Waals surface area contributed by atoms with Gasteiger partial charge in [0, 0.05) is 9.79 Å². The quantitative estimate of drug-likeness (QED) is 0.0886. The van der Waals surface area contributed by atoms with Gasteiger partial charge in [-0.2, -0.15) is 56.2 Å². The number of rotatable bonds is 14. The summed E-state index contributed by atoms with van der Waals surface area (Å²) in [6.45, 7) is 12.8. The van der Waals surface area contributed by atoms with E-state index in [9.17, 15) is 35.9 Å². The molecule has 0 aliphatic rings. The third kappa shape index (κ3) is 17.2. The van der Waals surface area contributed by atoms with Gasteiger partial charge >= 0.3 is 12.4 Å². The van der Waals surface area contributed by atoms with Crippen molar-refractivity contribution in [1.82, 2.24) is 29.9 Å². The molecule has 2 aromatic heterocycles. The second kappa shape index (κ2) is 20.4. The summed E-state index contributed by atoms with van der Waals surface area (Å²) in [4.78, 5) is 49.3. The Morgan fingerprint density at radius 3 is 1.30 bits per heavy atom. The smallest absolute Gasteiger partial charge is 0.299 e. The lowest BCUT2D eigenvalue weighted by atomic mass is 10.1. The second-order valence-electron chi connectivity index (χ2n) is 11.4. The average molecular weight is 853 g/mol. The van der Waals surface area contributed by atoms with E-state index in [0.717, 1.165) is 43.8 Å². The summed E-state index contributed by atoms with van der Waals surface area (Å²) < 4.78 is 74.9. The molecule has 20 heteroatoms. The Kier molecular flexibility index (Phi) is 17.3. The highest BCUT2D eigenvalue weighted by molar-refractivity contribution is 8.01. The van der Waals surface area contributed by atoms with Gasteiger partial charge in [0.1, 0.15) is 11.6 Å². The van der Waals surface area contributed by atoms with E-state index in [0.29, 0.717) is 50.5 Å². The van der Waals surface area contributed by atoms with Crippen molar-refractivity contribution in [2.45, 2.75) is 102 Å². The van der Waals surface area contributed by atoms with E-state index >= 15 is 0 Å².